The van der Waals surface area contributed by atoms with Crippen molar-refractivity contribution >= 4 is 40.2 Å². The van der Waals surface area contributed by atoms with Crippen LogP contribution in [0.15, 0.2) is 42.5 Å². The lowest BCUT2D eigenvalue weighted by Crippen LogP contribution is -2.05. The van der Waals surface area contributed by atoms with Crippen LogP contribution >= 0.6 is 34.2 Å². The van der Waals surface area contributed by atoms with Gasteiger partial charge in [0.2, 0.25) is 0 Å². The largest absolute Gasteiger partial charge is 0.492 e. The maximum Gasteiger partial charge on any atom is 0.337 e. The summed E-state index contributed by atoms with van der Waals surface area (Å²) in [5.74, 6) is 0.481. The Morgan fingerprint density at radius 1 is 1.24 bits per heavy atom. The summed E-state index contributed by atoms with van der Waals surface area (Å²) in [6.07, 6.45) is 0.712. The monoisotopic (exact) mass is 416 g/mol. The molecule has 2 rings (SSSR count). The number of esters is 1. The van der Waals surface area contributed by atoms with E-state index in [-0.39, 0.29) is 5.97 Å². The number of hydrogen-bond donors (Lipinski definition) is 0. The molecule has 0 spiro atoms. The quantitative estimate of drug-likeness (QED) is 0.537. The predicted molar refractivity (Wildman–Crippen MR) is 91.1 cm³/mol. The molecule has 0 aliphatic carbocycles. The Hall–Kier alpha value is -1.27. The van der Waals surface area contributed by atoms with Crippen LogP contribution in [0.4, 0.5) is 0 Å². The van der Waals surface area contributed by atoms with Crippen LogP contribution < -0.4 is 4.74 Å². The van der Waals surface area contributed by atoms with Crippen molar-refractivity contribution in [2.75, 3.05) is 13.7 Å². The van der Waals surface area contributed by atoms with Crippen LogP contribution in [-0.4, -0.2) is 19.7 Å². The van der Waals surface area contributed by atoms with Crippen molar-refractivity contribution in [2.24, 2.45) is 0 Å². The maximum absolute atomic E-state index is 11.5. The van der Waals surface area contributed by atoms with E-state index in [1.54, 1.807) is 12.1 Å². The van der Waals surface area contributed by atoms with Gasteiger partial charge in [-0.3, -0.25) is 0 Å². The molecule has 0 bridgehead atoms. The van der Waals surface area contributed by atoms with Crippen molar-refractivity contribution in [3.05, 3.63) is 62.2 Å². The molecule has 0 aromatic heterocycles. The molecule has 110 valence electrons. The summed E-state index contributed by atoms with van der Waals surface area (Å²) in [5.41, 5.74) is 1.58. The Labute approximate surface area is 142 Å². The highest BCUT2D eigenvalue weighted by molar-refractivity contribution is 14.1. The summed E-state index contributed by atoms with van der Waals surface area (Å²) >= 11 is 8.09. The van der Waals surface area contributed by atoms with Gasteiger partial charge in [0.05, 0.1) is 22.9 Å². The number of methoxy groups -OCH3 is 1. The second-order valence-corrected chi connectivity index (χ2v) is 5.96. The van der Waals surface area contributed by atoms with Gasteiger partial charge < -0.3 is 9.47 Å². The van der Waals surface area contributed by atoms with E-state index in [1.807, 2.05) is 30.3 Å². The highest BCUT2D eigenvalue weighted by atomic mass is 127. The molecule has 0 radical (unpaired) electrons. The molecule has 2 aromatic rings. The van der Waals surface area contributed by atoms with Gasteiger partial charge in [-0.2, -0.15) is 0 Å². The van der Waals surface area contributed by atoms with Crippen molar-refractivity contribution < 1.29 is 14.3 Å². The molecule has 0 amide bonds. The molecule has 5 heteroatoms. The van der Waals surface area contributed by atoms with E-state index in [9.17, 15) is 4.79 Å². The van der Waals surface area contributed by atoms with Gasteiger partial charge in [0.1, 0.15) is 5.75 Å². The molecule has 0 saturated heterocycles. The number of benzene rings is 2. The van der Waals surface area contributed by atoms with E-state index >= 15 is 0 Å². The summed E-state index contributed by atoms with van der Waals surface area (Å²) in [4.78, 5) is 11.5. The van der Waals surface area contributed by atoms with Gasteiger partial charge in [0.15, 0.2) is 0 Å². The van der Waals surface area contributed by atoms with Crippen molar-refractivity contribution in [1.82, 2.24) is 0 Å². The number of carbonyl (C=O) groups excluding carboxylic acids is 1. The highest BCUT2D eigenvalue weighted by Crippen LogP contribution is 2.24. The fraction of sp³-hybridized carbons (Fsp3) is 0.188. The SMILES string of the molecule is COC(=O)c1cccc(CCOc2ccc(Cl)cc2I)c1. The first kappa shape index (κ1) is 16.1. The van der Waals surface area contributed by atoms with Crippen LogP contribution in [-0.2, 0) is 11.2 Å². The molecular weight excluding hydrogens is 403 g/mol. The second-order valence-electron chi connectivity index (χ2n) is 4.37. The summed E-state index contributed by atoms with van der Waals surface area (Å²) < 4.78 is 11.4. The first-order chi connectivity index (χ1) is 10.1. The first-order valence-electron chi connectivity index (χ1n) is 6.35. The average molecular weight is 417 g/mol. The minimum Gasteiger partial charge on any atom is -0.492 e. The van der Waals surface area contributed by atoms with Gasteiger partial charge >= 0.3 is 5.97 Å². The fourth-order valence-electron chi connectivity index (χ4n) is 1.84. The van der Waals surface area contributed by atoms with E-state index in [0.29, 0.717) is 23.6 Å². The van der Waals surface area contributed by atoms with Crippen LogP contribution in [0, 0.1) is 3.57 Å². The number of carbonyl (C=O) groups is 1. The van der Waals surface area contributed by atoms with Crippen molar-refractivity contribution in [1.29, 1.82) is 0 Å². The summed E-state index contributed by atoms with van der Waals surface area (Å²) in [5, 5.41) is 0.692. The van der Waals surface area contributed by atoms with Crippen LogP contribution in [0.5, 0.6) is 5.75 Å². The maximum atomic E-state index is 11.5. The minimum absolute atomic E-state index is 0.329. The number of ether oxygens (including phenoxy) is 2. The van der Waals surface area contributed by atoms with Crippen LogP contribution in [0.25, 0.3) is 0 Å². The molecule has 3 nitrogen and oxygen atoms in total. The standard InChI is InChI=1S/C16H14ClIO3/c1-20-16(19)12-4-2-3-11(9-12)7-8-21-15-6-5-13(17)10-14(15)18/h2-6,9-10H,7-8H2,1H3. The summed E-state index contributed by atoms with van der Waals surface area (Å²) in [6.45, 7) is 0.530. The molecule has 0 heterocycles. The molecular formula is C16H14ClIO3. The van der Waals surface area contributed by atoms with Crippen LogP contribution in [0.2, 0.25) is 5.02 Å². The van der Waals surface area contributed by atoms with Crippen LogP contribution in [0.1, 0.15) is 15.9 Å². The van der Waals surface area contributed by atoms with Crippen molar-refractivity contribution in [3.8, 4) is 5.75 Å². The van der Waals surface area contributed by atoms with Gasteiger partial charge in [-0.15, -0.1) is 0 Å². The fourth-order valence-corrected chi connectivity index (χ4v) is 2.87. The van der Waals surface area contributed by atoms with Gasteiger partial charge in [-0.25, -0.2) is 4.79 Å². The third kappa shape index (κ3) is 4.61. The predicted octanol–water partition coefficient (Wildman–Crippen LogP) is 4.35. The van der Waals surface area contributed by atoms with Gasteiger partial charge in [-0.05, 0) is 58.5 Å². The van der Waals surface area contributed by atoms with Gasteiger partial charge in [0.25, 0.3) is 0 Å². The topological polar surface area (TPSA) is 35.5 Å². The second kappa shape index (κ2) is 7.66. The summed E-state index contributed by atoms with van der Waals surface area (Å²) in [6, 6.07) is 12.9. The van der Waals surface area contributed by atoms with E-state index in [4.69, 9.17) is 21.1 Å². The van der Waals surface area contributed by atoms with Crippen molar-refractivity contribution in [2.45, 2.75) is 6.42 Å². The lowest BCUT2D eigenvalue weighted by molar-refractivity contribution is 0.0600. The minimum atomic E-state index is -0.329. The molecule has 0 fully saturated rings. The number of halogens is 2. The third-order valence-corrected chi connectivity index (χ3v) is 3.97. The smallest absolute Gasteiger partial charge is 0.337 e. The van der Waals surface area contributed by atoms with E-state index in [2.05, 4.69) is 22.6 Å². The number of rotatable bonds is 5. The number of hydrogen-bond acceptors (Lipinski definition) is 3. The molecule has 0 unspecified atom stereocenters. The summed E-state index contributed by atoms with van der Waals surface area (Å²) in [7, 11) is 1.38. The molecule has 0 saturated carbocycles. The van der Waals surface area contributed by atoms with Crippen LogP contribution in [0.3, 0.4) is 0 Å². The lowest BCUT2D eigenvalue weighted by Gasteiger charge is -2.09. The first-order valence-corrected chi connectivity index (χ1v) is 7.81. The average Bonchev–Trinajstić information content (AvgIpc) is 2.49. The Kier molecular flexibility index (Phi) is 5.87. The highest BCUT2D eigenvalue weighted by Gasteiger charge is 2.06. The zero-order valence-electron chi connectivity index (χ0n) is 11.4. The van der Waals surface area contributed by atoms with E-state index in [1.165, 1.54) is 7.11 Å². The van der Waals surface area contributed by atoms with E-state index < -0.39 is 0 Å². The van der Waals surface area contributed by atoms with E-state index in [0.717, 1.165) is 14.9 Å². The third-order valence-electron chi connectivity index (χ3n) is 2.89. The Balaban J connectivity index is 1.95. The van der Waals surface area contributed by atoms with Crippen molar-refractivity contribution in [3.63, 3.8) is 0 Å². The van der Waals surface area contributed by atoms with Gasteiger partial charge in [-0.1, -0.05) is 23.7 Å². The molecule has 2 aromatic carbocycles. The normalized spacial score (nSPS) is 10.2. The molecule has 0 N–H and O–H groups in total. The van der Waals surface area contributed by atoms with Gasteiger partial charge in [0, 0.05) is 11.4 Å². The zero-order chi connectivity index (χ0) is 15.2. The molecule has 0 atom stereocenters. The molecule has 21 heavy (non-hydrogen) atoms. The Bertz CT molecular complexity index is 643. The lowest BCUT2D eigenvalue weighted by atomic mass is 10.1. The molecule has 0 aliphatic heterocycles. The Morgan fingerprint density at radius 2 is 2.05 bits per heavy atom. The zero-order valence-corrected chi connectivity index (χ0v) is 14.3. The molecule has 0 aliphatic rings. The Morgan fingerprint density at radius 3 is 2.76 bits per heavy atom.